The Hall–Kier alpha value is -2.08. The van der Waals surface area contributed by atoms with Gasteiger partial charge < -0.3 is 0 Å². The Bertz CT molecular complexity index is 1890. The van der Waals surface area contributed by atoms with Crippen LogP contribution in [0.5, 0.6) is 0 Å². The normalized spacial score (nSPS) is 12.2. The molecule has 0 bridgehead atoms. The third-order valence-corrected chi connectivity index (χ3v) is 19.8. The van der Waals surface area contributed by atoms with Crippen molar-refractivity contribution in [3.8, 4) is 0 Å². The minimum Gasteiger partial charge on any atom is -0.251 e. The van der Waals surface area contributed by atoms with Gasteiger partial charge in [0.05, 0.1) is 22.8 Å². The van der Waals surface area contributed by atoms with Crippen molar-refractivity contribution < 1.29 is 20.4 Å². The van der Waals surface area contributed by atoms with Crippen LogP contribution in [0.4, 0.5) is 11.4 Å². The fourth-order valence-electron chi connectivity index (χ4n) is 13.7. The van der Waals surface area contributed by atoms with Gasteiger partial charge in [-0.25, -0.2) is 0 Å². The van der Waals surface area contributed by atoms with Crippen LogP contribution in [0.1, 0.15) is 450 Å². The molecule has 0 fully saturated rings. The summed E-state index contributed by atoms with van der Waals surface area (Å²) in [5.74, 6) is 0. The molecule has 0 saturated heterocycles. The van der Waals surface area contributed by atoms with E-state index in [2.05, 4.69) is 101 Å². The zero-order valence-electron chi connectivity index (χ0n) is 61.8. The zero-order chi connectivity index (χ0) is 64.0. The fraction of sp³-hybridized carbons (Fsp3) is 0.795. The maximum absolute atomic E-state index is 5.65. The van der Waals surface area contributed by atoms with E-state index >= 15 is 0 Å². The molecule has 2 aromatic rings. The second kappa shape index (κ2) is 72.2. The maximum Gasteiger partial charge on any atom is 2.00 e. The molecule has 91 heavy (non-hydrogen) atoms. The molecule has 0 aliphatic heterocycles. The van der Waals surface area contributed by atoms with Crippen molar-refractivity contribution in [1.29, 1.82) is 0 Å². The molecule has 0 heterocycles. The van der Waals surface area contributed by atoms with E-state index < -0.39 is 0 Å². The van der Waals surface area contributed by atoms with Gasteiger partial charge in [0, 0.05) is 0 Å². The van der Waals surface area contributed by atoms with E-state index in [1.54, 1.807) is 0 Å². The molecule has 3 heteroatoms. The Kier molecular flexibility index (Phi) is 69.0. The molecule has 526 valence electrons. The van der Waals surface area contributed by atoms with Crippen LogP contribution in [-0.4, -0.2) is 11.4 Å². The Morgan fingerprint density at radius 1 is 0.231 bits per heavy atom. The quantitative estimate of drug-likeness (QED) is 0.0273. The molecule has 0 aromatic heterocycles. The minimum absolute atomic E-state index is 0. The van der Waals surface area contributed by atoms with Crippen LogP contribution in [0, 0.1) is 0 Å². The summed E-state index contributed by atoms with van der Waals surface area (Å²) in [6.07, 6.45) is 101. The van der Waals surface area contributed by atoms with Crippen LogP contribution in [0.3, 0.4) is 0 Å². The van der Waals surface area contributed by atoms with E-state index in [-0.39, 0.29) is 20.4 Å². The molecule has 0 amide bonds. The van der Waals surface area contributed by atoms with Gasteiger partial charge in [0.25, 0.3) is 0 Å². The van der Waals surface area contributed by atoms with Crippen LogP contribution in [-0.2, 0) is 33.3 Å². The minimum atomic E-state index is 0. The summed E-state index contributed by atoms with van der Waals surface area (Å²) in [6, 6.07) is 18.1. The summed E-state index contributed by atoms with van der Waals surface area (Å²) < 4.78 is 0. The smallest absolute Gasteiger partial charge is 0.251 e. The van der Waals surface area contributed by atoms with Gasteiger partial charge in [-0.3, -0.25) is 9.98 Å². The summed E-state index contributed by atoms with van der Waals surface area (Å²) in [7, 11) is 0. The van der Waals surface area contributed by atoms with Gasteiger partial charge in [-0.05, 0) is 100 Å². The average molecular weight is 1350 g/mol. The molecule has 2 nitrogen and oxygen atoms in total. The Labute approximate surface area is 584 Å². The first-order chi connectivity index (χ1) is 44.7. The first-order valence-corrected chi connectivity index (χ1v) is 41.3. The second-order valence-electron chi connectivity index (χ2n) is 28.6. The van der Waals surface area contributed by atoms with Crippen LogP contribution < -0.4 is 0 Å². The zero-order valence-corrected chi connectivity index (χ0v) is 63.4. The molecular formula is C88H156N2Pd+2. The number of benzene rings is 2. The van der Waals surface area contributed by atoms with Crippen molar-refractivity contribution in [3.05, 3.63) is 84.0 Å². The molecule has 0 atom stereocenters. The van der Waals surface area contributed by atoms with Gasteiger partial charge in [-0.15, -0.1) is 0 Å². The van der Waals surface area contributed by atoms with Gasteiger partial charge in [-0.2, -0.15) is 0 Å². The number of aliphatic imine (C=N–C) groups is 2. The summed E-state index contributed by atoms with van der Waals surface area (Å²) in [5, 5.41) is 0. The SMILES string of the molecule is CCCCCCCCCCCCCCCCCCCCCCCCC/C=C/CCc1ccccc1N=C(CCCC)C(CCCCCCCCCCCC)=Nc1ccccc1CC/C=C/CCCCCCCCCCCCCCCCCCCCCCCCC.[Pd+2]. The molecule has 0 radical (unpaired) electrons. The first kappa shape index (κ1) is 86.9. The van der Waals surface area contributed by atoms with Crippen molar-refractivity contribution in [2.45, 2.75) is 451 Å². The number of rotatable bonds is 71. The Morgan fingerprint density at radius 2 is 0.429 bits per heavy atom. The van der Waals surface area contributed by atoms with Crippen LogP contribution in [0.2, 0.25) is 0 Å². The number of allylic oxidation sites excluding steroid dienone is 4. The third-order valence-electron chi connectivity index (χ3n) is 19.8. The van der Waals surface area contributed by atoms with Crippen molar-refractivity contribution in [3.63, 3.8) is 0 Å². The number of nitrogens with zero attached hydrogens (tertiary/aromatic N) is 2. The van der Waals surface area contributed by atoms with Crippen molar-refractivity contribution >= 4 is 22.8 Å². The average Bonchev–Trinajstić information content (AvgIpc) is 1.45. The largest absolute Gasteiger partial charge is 2.00 e. The molecule has 0 N–H and O–H groups in total. The Morgan fingerprint density at radius 3 is 0.681 bits per heavy atom. The van der Waals surface area contributed by atoms with Gasteiger partial charge in [0.2, 0.25) is 0 Å². The number of unbranched alkanes of at least 4 members (excludes halogenated alkanes) is 56. The van der Waals surface area contributed by atoms with Gasteiger partial charge in [-0.1, -0.05) is 435 Å². The topological polar surface area (TPSA) is 24.7 Å². The van der Waals surface area contributed by atoms with Crippen LogP contribution in [0.15, 0.2) is 82.8 Å². The van der Waals surface area contributed by atoms with Crippen molar-refractivity contribution in [1.82, 2.24) is 0 Å². The predicted molar refractivity (Wildman–Crippen MR) is 411 cm³/mol. The molecule has 0 spiro atoms. The van der Waals surface area contributed by atoms with E-state index in [1.807, 2.05) is 0 Å². The summed E-state index contributed by atoms with van der Waals surface area (Å²) >= 11 is 0. The van der Waals surface area contributed by atoms with Gasteiger partial charge >= 0.3 is 20.4 Å². The second-order valence-corrected chi connectivity index (χ2v) is 28.6. The monoisotopic (exact) mass is 1350 g/mol. The molecular weight excluding hydrogens is 1190 g/mol. The number of para-hydroxylation sites is 2. The number of aryl methyl sites for hydroxylation is 2. The molecule has 0 saturated carbocycles. The molecule has 0 aliphatic carbocycles. The molecule has 0 unspecified atom stereocenters. The van der Waals surface area contributed by atoms with E-state index in [4.69, 9.17) is 9.98 Å². The third kappa shape index (κ3) is 57.9. The van der Waals surface area contributed by atoms with Crippen LogP contribution in [0.25, 0.3) is 0 Å². The summed E-state index contributed by atoms with van der Waals surface area (Å²) in [6.45, 7) is 9.27. The maximum atomic E-state index is 5.65. The van der Waals surface area contributed by atoms with Crippen LogP contribution >= 0.6 is 0 Å². The number of hydrogen-bond acceptors (Lipinski definition) is 2. The van der Waals surface area contributed by atoms with E-state index in [0.29, 0.717) is 0 Å². The molecule has 2 rings (SSSR count). The van der Waals surface area contributed by atoms with E-state index in [1.165, 1.54) is 401 Å². The summed E-state index contributed by atoms with van der Waals surface area (Å²) in [4.78, 5) is 11.3. The van der Waals surface area contributed by atoms with Gasteiger partial charge in [0.15, 0.2) is 0 Å². The van der Waals surface area contributed by atoms with E-state index in [9.17, 15) is 0 Å². The summed E-state index contributed by atoms with van der Waals surface area (Å²) in [5.41, 5.74) is 7.52. The molecule has 0 aliphatic rings. The first-order valence-electron chi connectivity index (χ1n) is 41.3. The standard InChI is InChI=1S/C88H156N2.Pd/c1-5-9-13-16-19-22-25-27-29-31-33-35-37-39-41-43-45-47-49-51-53-55-57-59-62-65-68-75-83-77-71-73-80-85(83)89-87(79-12-8-4)88(82-70-67-64-61-24-21-18-15-11-7-3)90-86-81-74-72-78-84(86)76-69-66-63-60-58-56-54-52-50-48-46-44-42-40-38-36-34-32-30-28-26-23-20-17-14-10-6-2;/h62-63,65-66,71-74,77-78,80-81H,5-61,64,67-70,75-76,79,82H2,1-4H3;/q;+2/b65-62+,66-63+,89-87?,90-88?;. The Balaban J connectivity index is 0.0000414. The molecule has 2 aromatic carbocycles. The number of hydrogen-bond donors (Lipinski definition) is 0. The predicted octanol–water partition coefficient (Wildman–Crippen LogP) is 31.8. The van der Waals surface area contributed by atoms with Gasteiger partial charge in [0.1, 0.15) is 0 Å². The fourth-order valence-corrected chi connectivity index (χ4v) is 13.7. The van der Waals surface area contributed by atoms with Crippen molar-refractivity contribution in [2.75, 3.05) is 0 Å². The van der Waals surface area contributed by atoms with E-state index in [0.717, 1.165) is 56.3 Å². The van der Waals surface area contributed by atoms with Crippen molar-refractivity contribution in [2.24, 2.45) is 9.98 Å².